The third kappa shape index (κ3) is 4.63. The summed E-state index contributed by atoms with van der Waals surface area (Å²) in [5.74, 6) is 1.63. The van der Waals surface area contributed by atoms with E-state index in [-0.39, 0.29) is 17.9 Å². The molecule has 122 valence electrons. The number of hydrogen-bond acceptors (Lipinski definition) is 4. The third-order valence-electron chi connectivity index (χ3n) is 3.96. The van der Waals surface area contributed by atoms with Crippen molar-refractivity contribution in [3.05, 3.63) is 24.3 Å². The Bertz CT molecular complexity index is 493. The van der Waals surface area contributed by atoms with E-state index in [0.29, 0.717) is 24.1 Å². The summed E-state index contributed by atoms with van der Waals surface area (Å²) in [6.07, 6.45) is 1.69. The standard InChI is InChI=1S/C17H26N2O3/c1-12-10-14(8-9-18-12)17(20)19-11-13(2)22-16-7-5-4-6-15(16)21-3/h4-7,12-14,18H,8-11H2,1-3H3,(H,19,20)/t12-,13?,14-/m0/s1. The van der Waals surface area contributed by atoms with Crippen molar-refractivity contribution in [2.24, 2.45) is 5.92 Å². The van der Waals surface area contributed by atoms with Gasteiger partial charge in [-0.2, -0.15) is 0 Å². The van der Waals surface area contributed by atoms with E-state index >= 15 is 0 Å². The lowest BCUT2D eigenvalue weighted by Crippen LogP contribution is -2.44. The predicted octanol–water partition coefficient (Wildman–Crippen LogP) is 1.97. The molecule has 1 aromatic carbocycles. The molecule has 0 aromatic heterocycles. The number of ether oxygens (including phenoxy) is 2. The smallest absolute Gasteiger partial charge is 0.223 e. The highest BCUT2D eigenvalue weighted by Gasteiger charge is 2.24. The van der Waals surface area contributed by atoms with E-state index in [2.05, 4.69) is 17.6 Å². The summed E-state index contributed by atoms with van der Waals surface area (Å²) in [5.41, 5.74) is 0. The molecule has 22 heavy (non-hydrogen) atoms. The first-order valence-electron chi connectivity index (χ1n) is 7.91. The van der Waals surface area contributed by atoms with Crippen LogP contribution >= 0.6 is 0 Å². The van der Waals surface area contributed by atoms with Crippen molar-refractivity contribution < 1.29 is 14.3 Å². The van der Waals surface area contributed by atoms with Crippen LogP contribution in [0.3, 0.4) is 0 Å². The van der Waals surface area contributed by atoms with Crippen LogP contribution in [-0.2, 0) is 4.79 Å². The van der Waals surface area contributed by atoms with Gasteiger partial charge in [0.25, 0.3) is 0 Å². The second-order valence-corrected chi connectivity index (χ2v) is 5.90. The summed E-state index contributed by atoms with van der Waals surface area (Å²) in [4.78, 5) is 12.2. The van der Waals surface area contributed by atoms with Crippen LogP contribution in [0.4, 0.5) is 0 Å². The second-order valence-electron chi connectivity index (χ2n) is 5.90. The van der Waals surface area contributed by atoms with E-state index in [9.17, 15) is 4.79 Å². The van der Waals surface area contributed by atoms with Crippen molar-refractivity contribution in [3.8, 4) is 11.5 Å². The van der Waals surface area contributed by atoms with E-state index < -0.39 is 0 Å². The Kier molecular flexibility index (Phi) is 6.07. The summed E-state index contributed by atoms with van der Waals surface area (Å²) in [5, 5.41) is 6.36. The van der Waals surface area contributed by atoms with Crippen LogP contribution in [0.5, 0.6) is 11.5 Å². The largest absolute Gasteiger partial charge is 0.493 e. The van der Waals surface area contributed by atoms with E-state index in [0.717, 1.165) is 19.4 Å². The Morgan fingerprint density at radius 3 is 2.82 bits per heavy atom. The summed E-state index contributed by atoms with van der Waals surface area (Å²) < 4.78 is 11.1. The van der Waals surface area contributed by atoms with Crippen molar-refractivity contribution in [2.45, 2.75) is 38.8 Å². The number of amides is 1. The fourth-order valence-corrected chi connectivity index (χ4v) is 2.73. The molecular weight excluding hydrogens is 280 g/mol. The fourth-order valence-electron chi connectivity index (χ4n) is 2.73. The zero-order valence-corrected chi connectivity index (χ0v) is 13.6. The number of piperidine rings is 1. The Balaban J connectivity index is 1.79. The minimum Gasteiger partial charge on any atom is -0.493 e. The van der Waals surface area contributed by atoms with Crippen LogP contribution in [-0.4, -0.2) is 38.3 Å². The normalized spacial score (nSPS) is 22.7. The number of hydrogen-bond donors (Lipinski definition) is 2. The molecule has 0 aliphatic carbocycles. The van der Waals surface area contributed by atoms with Crippen LogP contribution in [0.1, 0.15) is 26.7 Å². The maximum Gasteiger partial charge on any atom is 0.223 e. The minimum atomic E-state index is -0.112. The number of methoxy groups -OCH3 is 1. The quantitative estimate of drug-likeness (QED) is 0.843. The van der Waals surface area contributed by atoms with Gasteiger partial charge in [-0.15, -0.1) is 0 Å². The van der Waals surface area contributed by atoms with Crippen molar-refractivity contribution in [3.63, 3.8) is 0 Å². The summed E-state index contributed by atoms with van der Waals surface area (Å²) in [6.45, 7) is 5.46. The lowest BCUT2D eigenvalue weighted by atomic mass is 9.92. The molecule has 1 aliphatic heterocycles. The molecule has 0 radical (unpaired) electrons. The molecule has 0 bridgehead atoms. The monoisotopic (exact) mass is 306 g/mol. The number of rotatable bonds is 6. The Hall–Kier alpha value is -1.75. The van der Waals surface area contributed by atoms with E-state index in [1.54, 1.807) is 7.11 Å². The molecule has 1 aliphatic rings. The van der Waals surface area contributed by atoms with Gasteiger partial charge in [0.15, 0.2) is 11.5 Å². The molecule has 1 heterocycles. The van der Waals surface area contributed by atoms with Crippen LogP contribution in [0, 0.1) is 5.92 Å². The van der Waals surface area contributed by atoms with Crippen LogP contribution in [0.25, 0.3) is 0 Å². The van der Waals surface area contributed by atoms with Crippen LogP contribution in [0.2, 0.25) is 0 Å². The average molecular weight is 306 g/mol. The molecule has 5 heteroatoms. The molecule has 2 rings (SSSR count). The topological polar surface area (TPSA) is 59.6 Å². The number of para-hydroxylation sites is 2. The first-order chi connectivity index (χ1) is 10.6. The van der Waals surface area contributed by atoms with Gasteiger partial charge in [-0.1, -0.05) is 12.1 Å². The van der Waals surface area contributed by atoms with Crippen molar-refractivity contribution in [2.75, 3.05) is 20.2 Å². The highest BCUT2D eigenvalue weighted by atomic mass is 16.5. The molecule has 3 atom stereocenters. The van der Waals surface area contributed by atoms with Gasteiger partial charge in [0, 0.05) is 12.0 Å². The van der Waals surface area contributed by atoms with E-state index in [1.807, 2.05) is 31.2 Å². The number of nitrogens with one attached hydrogen (secondary N) is 2. The fraction of sp³-hybridized carbons (Fsp3) is 0.588. The summed E-state index contributed by atoms with van der Waals surface area (Å²) in [6, 6.07) is 7.94. The van der Waals surface area contributed by atoms with Crippen molar-refractivity contribution >= 4 is 5.91 Å². The maximum absolute atomic E-state index is 12.2. The van der Waals surface area contributed by atoms with Crippen LogP contribution in [0.15, 0.2) is 24.3 Å². The van der Waals surface area contributed by atoms with E-state index in [1.165, 1.54) is 0 Å². The molecule has 0 spiro atoms. The van der Waals surface area contributed by atoms with E-state index in [4.69, 9.17) is 9.47 Å². The first kappa shape index (κ1) is 16.6. The zero-order chi connectivity index (χ0) is 15.9. The lowest BCUT2D eigenvalue weighted by molar-refractivity contribution is -0.126. The number of carbonyl (C=O) groups excluding carboxylic acids is 1. The number of benzene rings is 1. The molecule has 5 nitrogen and oxygen atoms in total. The van der Waals surface area contributed by atoms with Gasteiger partial charge < -0.3 is 20.1 Å². The Labute approximate surface area is 132 Å². The highest BCUT2D eigenvalue weighted by molar-refractivity contribution is 5.78. The van der Waals surface area contributed by atoms with Gasteiger partial charge in [-0.05, 0) is 45.4 Å². The Morgan fingerprint density at radius 1 is 1.41 bits per heavy atom. The second kappa shape index (κ2) is 8.03. The SMILES string of the molecule is COc1ccccc1OC(C)CNC(=O)[C@H]1CCN[C@@H](C)C1. The molecule has 1 aromatic rings. The van der Waals surface area contributed by atoms with Gasteiger partial charge in [0.05, 0.1) is 13.7 Å². The predicted molar refractivity (Wildman–Crippen MR) is 86.3 cm³/mol. The molecular formula is C17H26N2O3. The minimum absolute atomic E-state index is 0.106. The highest BCUT2D eigenvalue weighted by Crippen LogP contribution is 2.26. The zero-order valence-electron chi connectivity index (χ0n) is 13.6. The number of carbonyl (C=O) groups is 1. The first-order valence-corrected chi connectivity index (χ1v) is 7.91. The van der Waals surface area contributed by atoms with Crippen molar-refractivity contribution in [1.29, 1.82) is 0 Å². The summed E-state index contributed by atoms with van der Waals surface area (Å²) in [7, 11) is 1.62. The van der Waals surface area contributed by atoms with Gasteiger partial charge >= 0.3 is 0 Å². The third-order valence-corrected chi connectivity index (χ3v) is 3.96. The maximum atomic E-state index is 12.2. The van der Waals surface area contributed by atoms with Crippen molar-refractivity contribution in [1.82, 2.24) is 10.6 Å². The molecule has 1 amide bonds. The van der Waals surface area contributed by atoms with Gasteiger partial charge in [0.1, 0.15) is 6.10 Å². The van der Waals surface area contributed by atoms with Crippen LogP contribution < -0.4 is 20.1 Å². The Morgan fingerprint density at radius 2 is 2.14 bits per heavy atom. The molecule has 1 saturated heterocycles. The molecule has 1 fully saturated rings. The molecule has 1 unspecified atom stereocenters. The summed E-state index contributed by atoms with van der Waals surface area (Å²) >= 11 is 0. The molecule has 2 N–H and O–H groups in total. The molecule has 0 saturated carbocycles. The lowest BCUT2D eigenvalue weighted by Gasteiger charge is -2.27. The van der Waals surface area contributed by atoms with Gasteiger partial charge in [-0.3, -0.25) is 4.79 Å². The average Bonchev–Trinajstić information content (AvgIpc) is 2.53. The van der Waals surface area contributed by atoms with Gasteiger partial charge in [-0.25, -0.2) is 0 Å². The van der Waals surface area contributed by atoms with Gasteiger partial charge in [0.2, 0.25) is 5.91 Å².